The van der Waals surface area contributed by atoms with Gasteiger partial charge in [-0.1, -0.05) is 32.4 Å². The number of nitrogens with two attached hydrogens (primary N) is 1. The lowest BCUT2D eigenvalue weighted by Crippen LogP contribution is -2.41. The molecule has 104 valence electrons. The number of nitrogens with zero attached hydrogens (tertiary/aromatic N) is 3. The number of anilines is 1. The van der Waals surface area contributed by atoms with E-state index in [1.807, 2.05) is 25.7 Å². The Morgan fingerprint density at radius 3 is 2.74 bits per heavy atom. The molecule has 1 aromatic rings. The summed E-state index contributed by atoms with van der Waals surface area (Å²) in [6.45, 7) is 6.85. The van der Waals surface area contributed by atoms with Crippen molar-refractivity contribution in [2.45, 2.75) is 45.1 Å². The number of hydrogen-bond donors (Lipinski definition) is 1. The van der Waals surface area contributed by atoms with E-state index in [0.29, 0.717) is 16.8 Å². The number of carbonyl (C=O) groups is 1. The molecule has 2 rings (SSSR count). The fourth-order valence-electron chi connectivity index (χ4n) is 2.23. The van der Waals surface area contributed by atoms with Crippen LogP contribution in [0.3, 0.4) is 0 Å². The summed E-state index contributed by atoms with van der Waals surface area (Å²) in [7, 11) is 0. The molecule has 0 aliphatic carbocycles. The molecule has 1 aliphatic rings. The third kappa shape index (κ3) is 2.97. The SMILES string of the molecule is CC(C)(C)c1nc(Cl)cc(N2CCCC2C(N)=O)n1. The van der Waals surface area contributed by atoms with Crippen LogP contribution in [0.1, 0.15) is 39.4 Å². The van der Waals surface area contributed by atoms with Crippen molar-refractivity contribution in [3.05, 3.63) is 17.0 Å². The Morgan fingerprint density at radius 2 is 2.16 bits per heavy atom. The minimum absolute atomic E-state index is 0.193. The van der Waals surface area contributed by atoms with Crippen LogP contribution in [0, 0.1) is 0 Å². The molecular weight excluding hydrogens is 264 g/mol. The highest BCUT2D eigenvalue weighted by atomic mass is 35.5. The number of primary amides is 1. The molecule has 19 heavy (non-hydrogen) atoms. The van der Waals surface area contributed by atoms with Crippen LogP contribution in [0.25, 0.3) is 0 Å². The predicted octanol–water partition coefficient (Wildman–Crippen LogP) is 1.88. The Hall–Kier alpha value is -1.36. The van der Waals surface area contributed by atoms with E-state index in [4.69, 9.17) is 17.3 Å². The number of hydrogen-bond acceptors (Lipinski definition) is 4. The Balaban J connectivity index is 2.40. The second kappa shape index (κ2) is 4.96. The Kier molecular flexibility index (Phi) is 3.67. The molecule has 0 aromatic carbocycles. The second-order valence-electron chi connectivity index (χ2n) is 5.88. The van der Waals surface area contributed by atoms with Crippen molar-refractivity contribution in [3.8, 4) is 0 Å². The van der Waals surface area contributed by atoms with Gasteiger partial charge in [-0.25, -0.2) is 9.97 Å². The van der Waals surface area contributed by atoms with Crippen LogP contribution in [-0.4, -0.2) is 28.5 Å². The first-order chi connectivity index (χ1) is 8.79. The molecule has 0 saturated carbocycles. The van der Waals surface area contributed by atoms with E-state index < -0.39 is 0 Å². The zero-order chi connectivity index (χ0) is 14.2. The van der Waals surface area contributed by atoms with Gasteiger partial charge in [0.1, 0.15) is 22.8 Å². The van der Waals surface area contributed by atoms with Gasteiger partial charge in [-0.2, -0.15) is 0 Å². The molecule has 1 atom stereocenters. The summed E-state index contributed by atoms with van der Waals surface area (Å²) in [4.78, 5) is 22.2. The van der Waals surface area contributed by atoms with Gasteiger partial charge in [0, 0.05) is 18.0 Å². The van der Waals surface area contributed by atoms with Gasteiger partial charge >= 0.3 is 0 Å². The number of halogens is 1. The molecule has 2 heterocycles. The molecule has 1 aliphatic heterocycles. The van der Waals surface area contributed by atoms with Crippen LogP contribution in [0.15, 0.2) is 6.07 Å². The number of carbonyl (C=O) groups excluding carboxylic acids is 1. The van der Waals surface area contributed by atoms with Crippen LogP contribution in [0.5, 0.6) is 0 Å². The van der Waals surface area contributed by atoms with Crippen molar-refractivity contribution in [3.63, 3.8) is 0 Å². The van der Waals surface area contributed by atoms with E-state index in [1.165, 1.54) is 0 Å². The molecular formula is C13H19ClN4O. The summed E-state index contributed by atoms with van der Waals surface area (Å²) in [6.07, 6.45) is 1.70. The highest BCUT2D eigenvalue weighted by Gasteiger charge is 2.31. The topological polar surface area (TPSA) is 72.1 Å². The molecule has 1 amide bonds. The van der Waals surface area contributed by atoms with Crippen LogP contribution in [0.2, 0.25) is 5.15 Å². The van der Waals surface area contributed by atoms with Gasteiger partial charge in [0.15, 0.2) is 0 Å². The molecule has 5 nitrogen and oxygen atoms in total. The van der Waals surface area contributed by atoms with Gasteiger partial charge in [-0.05, 0) is 12.8 Å². The summed E-state index contributed by atoms with van der Waals surface area (Å²) in [5.74, 6) is 1.04. The zero-order valence-corrected chi connectivity index (χ0v) is 12.2. The number of rotatable bonds is 2. The highest BCUT2D eigenvalue weighted by molar-refractivity contribution is 6.29. The summed E-state index contributed by atoms with van der Waals surface area (Å²) in [5.41, 5.74) is 5.24. The van der Waals surface area contributed by atoms with E-state index in [1.54, 1.807) is 6.07 Å². The third-order valence-corrected chi connectivity index (χ3v) is 3.42. The van der Waals surface area contributed by atoms with Crippen LogP contribution in [-0.2, 0) is 10.2 Å². The lowest BCUT2D eigenvalue weighted by molar-refractivity contribution is -0.119. The van der Waals surface area contributed by atoms with Crippen LogP contribution in [0.4, 0.5) is 5.82 Å². The molecule has 1 fully saturated rings. The van der Waals surface area contributed by atoms with Gasteiger partial charge in [-0.15, -0.1) is 0 Å². The van der Waals surface area contributed by atoms with Crippen molar-refractivity contribution >= 4 is 23.3 Å². The molecule has 1 unspecified atom stereocenters. The average Bonchev–Trinajstić information content (AvgIpc) is 2.75. The van der Waals surface area contributed by atoms with Crippen molar-refractivity contribution in [2.24, 2.45) is 5.73 Å². The third-order valence-electron chi connectivity index (χ3n) is 3.23. The first kappa shape index (κ1) is 14.1. The summed E-state index contributed by atoms with van der Waals surface area (Å²) >= 11 is 6.07. The van der Waals surface area contributed by atoms with Gasteiger partial charge in [0.25, 0.3) is 0 Å². The predicted molar refractivity (Wildman–Crippen MR) is 75.3 cm³/mol. The normalized spacial score (nSPS) is 19.8. The summed E-state index contributed by atoms with van der Waals surface area (Å²) in [5, 5.41) is 0.394. The summed E-state index contributed by atoms with van der Waals surface area (Å²) < 4.78 is 0. The average molecular weight is 283 g/mol. The lowest BCUT2D eigenvalue weighted by Gasteiger charge is -2.25. The Labute approximate surface area is 118 Å². The van der Waals surface area contributed by atoms with E-state index in [2.05, 4.69) is 9.97 Å². The van der Waals surface area contributed by atoms with Crippen molar-refractivity contribution in [2.75, 3.05) is 11.4 Å². The van der Waals surface area contributed by atoms with Gasteiger partial charge in [0.2, 0.25) is 5.91 Å². The van der Waals surface area contributed by atoms with Crippen LogP contribution >= 0.6 is 11.6 Å². The van der Waals surface area contributed by atoms with E-state index >= 15 is 0 Å². The number of amides is 1. The Morgan fingerprint density at radius 1 is 1.47 bits per heavy atom. The fraction of sp³-hybridized carbons (Fsp3) is 0.615. The quantitative estimate of drug-likeness (QED) is 0.841. The molecule has 1 saturated heterocycles. The lowest BCUT2D eigenvalue weighted by atomic mass is 9.96. The monoisotopic (exact) mass is 282 g/mol. The maximum Gasteiger partial charge on any atom is 0.240 e. The van der Waals surface area contributed by atoms with Crippen molar-refractivity contribution in [1.82, 2.24) is 9.97 Å². The van der Waals surface area contributed by atoms with E-state index in [9.17, 15) is 4.79 Å². The summed E-state index contributed by atoms with van der Waals surface area (Å²) in [6, 6.07) is 1.40. The Bertz CT molecular complexity index is 498. The number of aromatic nitrogens is 2. The minimum Gasteiger partial charge on any atom is -0.368 e. The molecule has 0 spiro atoms. The maximum absolute atomic E-state index is 11.5. The largest absolute Gasteiger partial charge is 0.368 e. The van der Waals surface area contributed by atoms with Gasteiger partial charge in [0.05, 0.1) is 0 Å². The van der Waals surface area contributed by atoms with Crippen molar-refractivity contribution < 1.29 is 4.79 Å². The maximum atomic E-state index is 11.5. The molecule has 0 radical (unpaired) electrons. The molecule has 6 heteroatoms. The van der Waals surface area contributed by atoms with Crippen LogP contribution < -0.4 is 10.6 Å². The highest BCUT2D eigenvalue weighted by Crippen LogP contribution is 2.28. The first-order valence-corrected chi connectivity index (χ1v) is 6.78. The molecule has 2 N–H and O–H groups in total. The van der Waals surface area contributed by atoms with Crippen molar-refractivity contribution in [1.29, 1.82) is 0 Å². The van der Waals surface area contributed by atoms with E-state index in [-0.39, 0.29) is 17.4 Å². The molecule has 0 bridgehead atoms. The first-order valence-electron chi connectivity index (χ1n) is 6.40. The van der Waals surface area contributed by atoms with Gasteiger partial charge < -0.3 is 10.6 Å². The van der Waals surface area contributed by atoms with E-state index in [0.717, 1.165) is 19.4 Å². The fourth-order valence-corrected chi connectivity index (χ4v) is 2.40. The smallest absolute Gasteiger partial charge is 0.240 e. The second-order valence-corrected chi connectivity index (χ2v) is 6.26. The standard InChI is InChI=1S/C13H19ClN4O/c1-13(2,3)12-16-9(14)7-10(17-12)18-6-4-5-8(18)11(15)19/h7-8H,4-6H2,1-3H3,(H2,15,19). The minimum atomic E-state index is -0.315. The zero-order valence-electron chi connectivity index (χ0n) is 11.5. The van der Waals surface area contributed by atoms with Gasteiger partial charge in [-0.3, -0.25) is 4.79 Å². The molecule has 1 aromatic heterocycles.